The van der Waals surface area contributed by atoms with Crippen molar-refractivity contribution in [3.8, 4) is 5.75 Å². The normalized spacial score (nSPS) is 10.5. The molecule has 0 radical (unpaired) electrons. The van der Waals surface area contributed by atoms with Crippen LogP contribution in [0.15, 0.2) is 54.6 Å². The number of ether oxygens (including phenoxy) is 2. The lowest BCUT2D eigenvalue weighted by atomic mass is 10.2. The van der Waals surface area contributed by atoms with Crippen molar-refractivity contribution in [2.24, 2.45) is 0 Å². The van der Waals surface area contributed by atoms with Gasteiger partial charge in [-0.25, -0.2) is 4.79 Å². The van der Waals surface area contributed by atoms with Crippen LogP contribution >= 0.6 is 0 Å². The quantitative estimate of drug-likeness (QED) is 0.436. The van der Waals surface area contributed by atoms with Gasteiger partial charge in [-0.3, -0.25) is 4.79 Å². The van der Waals surface area contributed by atoms with Gasteiger partial charge in [0.25, 0.3) is 0 Å². The Balaban J connectivity index is 1.99. The SMILES string of the molecule is CCCCOC(=O)c1cccc(NC(=O)C=Cc2ccccc2OC)c1. The Morgan fingerprint density at radius 3 is 2.69 bits per heavy atom. The molecule has 0 aliphatic carbocycles. The van der Waals surface area contributed by atoms with Crippen LogP contribution in [0.4, 0.5) is 5.69 Å². The third-order valence-electron chi connectivity index (χ3n) is 3.65. The van der Waals surface area contributed by atoms with Crippen LogP contribution in [0.5, 0.6) is 5.75 Å². The Bertz CT molecular complexity index is 783. The van der Waals surface area contributed by atoms with E-state index in [2.05, 4.69) is 5.32 Å². The molecule has 1 amide bonds. The second-order valence-electron chi connectivity index (χ2n) is 5.63. The molecule has 0 heterocycles. The number of carbonyl (C=O) groups excluding carboxylic acids is 2. The molecule has 5 heteroatoms. The van der Waals surface area contributed by atoms with Crippen LogP contribution in [0.2, 0.25) is 0 Å². The Morgan fingerprint density at radius 1 is 1.12 bits per heavy atom. The molecular weight excluding hydrogens is 330 g/mol. The van der Waals surface area contributed by atoms with E-state index in [4.69, 9.17) is 9.47 Å². The number of hydrogen-bond donors (Lipinski definition) is 1. The van der Waals surface area contributed by atoms with E-state index < -0.39 is 0 Å². The molecule has 1 N–H and O–H groups in total. The maximum atomic E-state index is 12.1. The number of para-hydroxylation sites is 1. The summed E-state index contributed by atoms with van der Waals surface area (Å²) in [4.78, 5) is 24.1. The van der Waals surface area contributed by atoms with E-state index in [9.17, 15) is 9.59 Å². The lowest BCUT2D eigenvalue weighted by Crippen LogP contribution is -2.10. The Kier molecular flexibility index (Phi) is 7.43. The molecule has 0 aromatic heterocycles. The first-order valence-corrected chi connectivity index (χ1v) is 8.53. The van der Waals surface area contributed by atoms with Gasteiger partial charge in [-0.2, -0.15) is 0 Å². The molecule has 0 atom stereocenters. The third kappa shape index (κ3) is 5.77. The first-order valence-electron chi connectivity index (χ1n) is 8.53. The zero-order valence-corrected chi connectivity index (χ0v) is 15.0. The highest BCUT2D eigenvalue weighted by Crippen LogP contribution is 2.19. The van der Waals surface area contributed by atoms with Gasteiger partial charge in [0, 0.05) is 17.3 Å². The van der Waals surface area contributed by atoms with Gasteiger partial charge in [0.2, 0.25) is 5.91 Å². The van der Waals surface area contributed by atoms with Crippen LogP contribution in [-0.4, -0.2) is 25.6 Å². The van der Waals surface area contributed by atoms with Crippen molar-refractivity contribution in [2.75, 3.05) is 19.0 Å². The first-order chi connectivity index (χ1) is 12.6. The predicted molar refractivity (Wildman–Crippen MR) is 102 cm³/mol. The summed E-state index contributed by atoms with van der Waals surface area (Å²) in [6, 6.07) is 14.1. The average Bonchev–Trinajstić information content (AvgIpc) is 2.67. The van der Waals surface area contributed by atoms with Crippen LogP contribution in [-0.2, 0) is 9.53 Å². The Labute approximate surface area is 153 Å². The summed E-state index contributed by atoms with van der Waals surface area (Å²) in [5.41, 5.74) is 1.75. The van der Waals surface area contributed by atoms with Crippen LogP contribution in [0.3, 0.4) is 0 Å². The number of rotatable bonds is 8. The molecule has 2 rings (SSSR count). The van der Waals surface area contributed by atoms with Crippen molar-refractivity contribution >= 4 is 23.6 Å². The summed E-state index contributed by atoms with van der Waals surface area (Å²) in [7, 11) is 1.58. The van der Waals surface area contributed by atoms with Gasteiger partial charge >= 0.3 is 5.97 Å². The van der Waals surface area contributed by atoms with E-state index in [1.54, 1.807) is 37.5 Å². The lowest BCUT2D eigenvalue weighted by Gasteiger charge is -2.07. The van der Waals surface area contributed by atoms with E-state index in [0.717, 1.165) is 18.4 Å². The highest BCUT2D eigenvalue weighted by molar-refractivity contribution is 6.02. The second-order valence-corrected chi connectivity index (χ2v) is 5.63. The van der Waals surface area contributed by atoms with Gasteiger partial charge in [-0.1, -0.05) is 37.6 Å². The second kappa shape index (κ2) is 10.0. The van der Waals surface area contributed by atoms with Crippen molar-refractivity contribution in [3.63, 3.8) is 0 Å². The van der Waals surface area contributed by atoms with Crippen LogP contribution in [0.1, 0.15) is 35.7 Å². The fraction of sp³-hybridized carbons (Fsp3) is 0.238. The lowest BCUT2D eigenvalue weighted by molar-refractivity contribution is -0.111. The van der Waals surface area contributed by atoms with Crippen molar-refractivity contribution in [2.45, 2.75) is 19.8 Å². The number of esters is 1. The predicted octanol–water partition coefficient (Wildman–Crippen LogP) is 4.30. The number of anilines is 1. The molecule has 0 spiro atoms. The molecule has 0 aliphatic heterocycles. The number of nitrogens with one attached hydrogen (secondary N) is 1. The van der Waals surface area contributed by atoms with Gasteiger partial charge in [0.1, 0.15) is 5.75 Å². The standard InChI is InChI=1S/C21H23NO4/c1-3-4-14-26-21(24)17-9-7-10-18(15-17)22-20(23)13-12-16-8-5-6-11-19(16)25-2/h5-13,15H,3-4,14H2,1-2H3,(H,22,23). The van der Waals surface area contributed by atoms with Gasteiger partial charge in [-0.15, -0.1) is 0 Å². The number of unbranched alkanes of at least 4 members (excludes halogenated alkanes) is 1. The minimum Gasteiger partial charge on any atom is -0.496 e. The average molecular weight is 353 g/mol. The van der Waals surface area contributed by atoms with Crippen LogP contribution in [0, 0.1) is 0 Å². The number of methoxy groups -OCH3 is 1. The molecule has 0 unspecified atom stereocenters. The van der Waals surface area contributed by atoms with Gasteiger partial charge < -0.3 is 14.8 Å². The van der Waals surface area contributed by atoms with E-state index in [1.165, 1.54) is 6.08 Å². The molecule has 0 fully saturated rings. The summed E-state index contributed by atoms with van der Waals surface area (Å²) in [6.07, 6.45) is 4.89. The number of benzene rings is 2. The highest BCUT2D eigenvalue weighted by Gasteiger charge is 2.08. The Morgan fingerprint density at radius 2 is 1.92 bits per heavy atom. The van der Waals surface area contributed by atoms with Crippen LogP contribution in [0.25, 0.3) is 6.08 Å². The number of amides is 1. The fourth-order valence-electron chi connectivity index (χ4n) is 2.27. The first kappa shape index (κ1) is 19.2. The van der Waals surface area contributed by atoms with Gasteiger partial charge in [0.05, 0.1) is 19.3 Å². The van der Waals surface area contributed by atoms with Crippen molar-refractivity contribution in [1.29, 1.82) is 0 Å². The molecule has 2 aromatic carbocycles. The summed E-state index contributed by atoms with van der Waals surface area (Å²) < 4.78 is 10.4. The monoisotopic (exact) mass is 353 g/mol. The number of carbonyl (C=O) groups is 2. The summed E-state index contributed by atoms with van der Waals surface area (Å²) >= 11 is 0. The summed E-state index contributed by atoms with van der Waals surface area (Å²) in [6.45, 7) is 2.43. The Hall–Kier alpha value is -3.08. The molecule has 5 nitrogen and oxygen atoms in total. The summed E-state index contributed by atoms with van der Waals surface area (Å²) in [5, 5.41) is 2.74. The third-order valence-corrected chi connectivity index (χ3v) is 3.65. The molecular formula is C21H23NO4. The molecule has 0 saturated carbocycles. The van der Waals surface area contributed by atoms with Crippen molar-refractivity contribution < 1.29 is 19.1 Å². The fourth-order valence-corrected chi connectivity index (χ4v) is 2.27. The molecule has 0 saturated heterocycles. The molecule has 136 valence electrons. The molecule has 0 bridgehead atoms. The van der Waals surface area contributed by atoms with Gasteiger partial charge in [-0.05, 0) is 36.8 Å². The molecule has 2 aromatic rings. The topological polar surface area (TPSA) is 64.6 Å². The zero-order chi connectivity index (χ0) is 18.8. The summed E-state index contributed by atoms with van der Waals surface area (Å²) in [5.74, 6) is -0.000100. The van der Waals surface area contributed by atoms with Gasteiger partial charge in [0.15, 0.2) is 0 Å². The smallest absolute Gasteiger partial charge is 0.338 e. The minimum absolute atomic E-state index is 0.299. The van der Waals surface area contributed by atoms with E-state index in [-0.39, 0.29) is 11.9 Å². The number of hydrogen-bond acceptors (Lipinski definition) is 4. The minimum atomic E-state index is -0.390. The molecule has 0 aliphatic rings. The van der Waals surface area contributed by atoms with E-state index in [0.29, 0.717) is 23.6 Å². The maximum Gasteiger partial charge on any atom is 0.338 e. The van der Waals surface area contributed by atoms with Crippen LogP contribution < -0.4 is 10.1 Å². The zero-order valence-electron chi connectivity index (χ0n) is 15.0. The maximum absolute atomic E-state index is 12.1. The van der Waals surface area contributed by atoms with Crippen molar-refractivity contribution in [3.05, 3.63) is 65.7 Å². The highest BCUT2D eigenvalue weighted by atomic mass is 16.5. The largest absolute Gasteiger partial charge is 0.496 e. The molecule has 26 heavy (non-hydrogen) atoms. The van der Waals surface area contributed by atoms with E-state index >= 15 is 0 Å². The van der Waals surface area contributed by atoms with Crippen molar-refractivity contribution in [1.82, 2.24) is 0 Å². The van der Waals surface area contributed by atoms with E-state index in [1.807, 2.05) is 31.2 Å².